The first-order chi connectivity index (χ1) is 8.24. The molecule has 2 bridgehead atoms. The van der Waals surface area contributed by atoms with Gasteiger partial charge < -0.3 is 10.2 Å². The largest absolute Gasteiger partial charge is 0.344 e. The maximum absolute atomic E-state index is 12.4. The smallest absolute Gasteiger partial charge is 0.225 e. The standard InChI is InChI=1S/C14H24N2O/c1-16(9-12-3-2-6-15-12)14(17)13-8-10-4-5-11(13)7-10/h10-13,15H,2-9H2,1H3. The van der Waals surface area contributed by atoms with Gasteiger partial charge in [0.25, 0.3) is 0 Å². The predicted molar refractivity (Wildman–Crippen MR) is 67.6 cm³/mol. The van der Waals surface area contributed by atoms with Crippen molar-refractivity contribution in [3.8, 4) is 0 Å². The van der Waals surface area contributed by atoms with Crippen molar-refractivity contribution in [2.75, 3.05) is 20.1 Å². The van der Waals surface area contributed by atoms with Crippen LogP contribution in [0.3, 0.4) is 0 Å². The number of hydrogen-bond acceptors (Lipinski definition) is 2. The SMILES string of the molecule is CN(CC1CCCN1)C(=O)C1CC2CCC1C2. The van der Waals surface area contributed by atoms with Crippen molar-refractivity contribution in [1.82, 2.24) is 10.2 Å². The van der Waals surface area contributed by atoms with E-state index < -0.39 is 0 Å². The Balaban J connectivity index is 1.54. The van der Waals surface area contributed by atoms with Crippen LogP contribution in [0.1, 0.15) is 38.5 Å². The lowest BCUT2D eigenvalue weighted by atomic mass is 9.88. The van der Waals surface area contributed by atoms with E-state index in [4.69, 9.17) is 0 Å². The van der Waals surface area contributed by atoms with Gasteiger partial charge in [0.05, 0.1) is 0 Å². The topological polar surface area (TPSA) is 32.3 Å². The molecular weight excluding hydrogens is 212 g/mol. The van der Waals surface area contributed by atoms with E-state index in [-0.39, 0.29) is 0 Å². The highest BCUT2D eigenvalue weighted by Gasteiger charge is 2.44. The normalized spacial score (nSPS) is 39.8. The first-order valence-electron chi connectivity index (χ1n) is 7.22. The van der Waals surface area contributed by atoms with Gasteiger partial charge in [0.1, 0.15) is 0 Å². The third kappa shape index (κ3) is 2.22. The molecule has 0 aromatic carbocycles. The molecular formula is C14H24N2O. The summed E-state index contributed by atoms with van der Waals surface area (Å²) in [5.74, 6) is 2.37. The molecule has 1 heterocycles. The molecule has 3 heteroatoms. The van der Waals surface area contributed by atoms with Gasteiger partial charge in [0.15, 0.2) is 0 Å². The molecule has 2 saturated carbocycles. The highest BCUT2D eigenvalue weighted by molar-refractivity contribution is 5.79. The van der Waals surface area contributed by atoms with Crippen LogP contribution < -0.4 is 5.32 Å². The van der Waals surface area contributed by atoms with Crippen LogP contribution in [0, 0.1) is 17.8 Å². The molecule has 0 aromatic heterocycles. The Bertz CT molecular complexity index is 299. The van der Waals surface area contributed by atoms with Crippen LogP contribution in [0.15, 0.2) is 0 Å². The predicted octanol–water partition coefficient (Wildman–Crippen LogP) is 1.63. The minimum absolute atomic E-state index is 0.361. The fourth-order valence-corrected chi connectivity index (χ4v) is 4.16. The first-order valence-corrected chi connectivity index (χ1v) is 7.22. The summed E-state index contributed by atoms with van der Waals surface area (Å²) in [5.41, 5.74) is 0. The zero-order chi connectivity index (χ0) is 11.8. The third-order valence-electron chi connectivity index (χ3n) is 5.09. The van der Waals surface area contributed by atoms with Crippen LogP contribution in [0.5, 0.6) is 0 Å². The maximum atomic E-state index is 12.4. The molecule has 17 heavy (non-hydrogen) atoms. The monoisotopic (exact) mass is 236 g/mol. The van der Waals surface area contributed by atoms with E-state index in [1.165, 1.54) is 38.5 Å². The summed E-state index contributed by atoms with van der Waals surface area (Å²) in [6, 6.07) is 0.544. The number of carbonyl (C=O) groups excluding carboxylic acids is 1. The van der Waals surface area contributed by atoms with Crippen molar-refractivity contribution in [1.29, 1.82) is 0 Å². The average Bonchev–Trinajstić information content (AvgIpc) is 3.04. The Kier molecular flexibility index (Phi) is 3.12. The molecule has 0 spiro atoms. The number of nitrogens with zero attached hydrogens (tertiary/aromatic N) is 1. The van der Waals surface area contributed by atoms with Crippen LogP contribution in [0.25, 0.3) is 0 Å². The average molecular weight is 236 g/mol. The van der Waals surface area contributed by atoms with Gasteiger partial charge in [-0.1, -0.05) is 6.42 Å². The molecule has 2 aliphatic carbocycles. The zero-order valence-corrected chi connectivity index (χ0v) is 10.8. The molecule has 3 aliphatic rings. The van der Waals surface area contributed by atoms with Gasteiger partial charge in [-0.25, -0.2) is 0 Å². The van der Waals surface area contributed by atoms with Crippen LogP contribution in [-0.4, -0.2) is 37.0 Å². The van der Waals surface area contributed by atoms with Crippen molar-refractivity contribution in [3.63, 3.8) is 0 Å². The second kappa shape index (κ2) is 4.60. The van der Waals surface area contributed by atoms with Crippen molar-refractivity contribution in [3.05, 3.63) is 0 Å². The zero-order valence-electron chi connectivity index (χ0n) is 10.8. The lowest BCUT2D eigenvalue weighted by Gasteiger charge is -2.28. The summed E-state index contributed by atoms with van der Waals surface area (Å²) >= 11 is 0. The van der Waals surface area contributed by atoms with E-state index in [0.717, 1.165) is 19.0 Å². The molecule has 96 valence electrons. The van der Waals surface area contributed by atoms with Crippen LogP contribution >= 0.6 is 0 Å². The van der Waals surface area contributed by atoms with Gasteiger partial charge in [0.2, 0.25) is 5.91 Å². The van der Waals surface area contributed by atoms with Crippen molar-refractivity contribution in [2.45, 2.75) is 44.6 Å². The van der Waals surface area contributed by atoms with Gasteiger partial charge >= 0.3 is 0 Å². The summed E-state index contributed by atoms with van der Waals surface area (Å²) < 4.78 is 0. The number of carbonyl (C=O) groups is 1. The molecule has 4 unspecified atom stereocenters. The minimum Gasteiger partial charge on any atom is -0.344 e. The second-order valence-corrected chi connectivity index (χ2v) is 6.29. The van der Waals surface area contributed by atoms with Gasteiger partial charge in [0, 0.05) is 25.6 Å². The number of rotatable bonds is 3. The minimum atomic E-state index is 0.361. The van der Waals surface area contributed by atoms with E-state index in [1.54, 1.807) is 0 Å². The van der Waals surface area contributed by atoms with Gasteiger partial charge in [-0.3, -0.25) is 4.79 Å². The number of fused-ring (bicyclic) bond motifs is 2. The van der Waals surface area contributed by atoms with Gasteiger partial charge in [-0.2, -0.15) is 0 Å². The van der Waals surface area contributed by atoms with E-state index in [0.29, 0.717) is 23.8 Å². The molecule has 0 radical (unpaired) electrons. The molecule has 4 atom stereocenters. The lowest BCUT2D eigenvalue weighted by molar-refractivity contribution is -0.136. The fourth-order valence-electron chi connectivity index (χ4n) is 4.16. The van der Waals surface area contributed by atoms with E-state index >= 15 is 0 Å². The Hall–Kier alpha value is -0.570. The molecule has 1 aliphatic heterocycles. The number of amides is 1. The molecule has 3 nitrogen and oxygen atoms in total. The summed E-state index contributed by atoms with van der Waals surface area (Å²) in [5, 5.41) is 3.47. The highest BCUT2D eigenvalue weighted by atomic mass is 16.2. The Morgan fingerprint density at radius 2 is 2.18 bits per heavy atom. The van der Waals surface area contributed by atoms with Crippen LogP contribution in [-0.2, 0) is 4.79 Å². The lowest BCUT2D eigenvalue weighted by Crippen LogP contribution is -2.42. The van der Waals surface area contributed by atoms with E-state index in [1.807, 2.05) is 11.9 Å². The number of nitrogens with one attached hydrogen (secondary N) is 1. The first kappa shape index (κ1) is 11.5. The second-order valence-electron chi connectivity index (χ2n) is 6.29. The summed E-state index contributed by atoms with van der Waals surface area (Å²) in [6.45, 7) is 2.04. The Labute approximate surface area is 104 Å². The van der Waals surface area contributed by atoms with Crippen LogP contribution in [0.4, 0.5) is 0 Å². The summed E-state index contributed by atoms with van der Waals surface area (Å²) in [4.78, 5) is 14.4. The van der Waals surface area contributed by atoms with Crippen molar-refractivity contribution in [2.24, 2.45) is 17.8 Å². The summed E-state index contributed by atoms with van der Waals surface area (Å²) in [6.07, 6.45) is 7.67. The van der Waals surface area contributed by atoms with Gasteiger partial charge in [-0.05, 0) is 50.5 Å². The molecule has 1 amide bonds. The maximum Gasteiger partial charge on any atom is 0.225 e. The summed E-state index contributed by atoms with van der Waals surface area (Å²) in [7, 11) is 1.99. The van der Waals surface area contributed by atoms with Crippen LogP contribution in [0.2, 0.25) is 0 Å². The quantitative estimate of drug-likeness (QED) is 0.808. The van der Waals surface area contributed by atoms with E-state index in [2.05, 4.69) is 5.32 Å². The molecule has 3 rings (SSSR count). The van der Waals surface area contributed by atoms with Crippen molar-refractivity contribution >= 4 is 5.91 Å². The van der Waals surface area contributed by atoms with Crippen molar-refractivity contribution < 1.29 is 4.79 Å². The fraction of sp³-hybridized carbons (Fsp3) is 0.929. The highest BCUT2D eigenvalue weighted by Crippen LogP contribution is 2.48. The Morgan fingerprint density at radius 3 is 2.76 bits per heavy atom. The molecule has 1 saturated heterocycles. The number of likely N-dealkylation sites (N-methyl/N-ethyl adjacent to an activating group) is 1. The third-order valence-corrected chi connectivity index (χ3v) is 5.09. The molecule has 0 aromatic rings. The van der Waals surface area contributed by atoms with E-state index in [9.17, 15) is 4.79 Å². The molecule has 1 N–H and O–H groups in total. The number of hydrogen-bond donors (Lipinski definition) is 1. The molecule has 3 fully saturated rings. The van der Waals surface area contributed by atoms with Gasteiger partial charge in [-0.15, -0.1) is 0 Å². The Morgan fingerprint density at radius 1 is 1.29 bits per heavy atom.